The minimum atomic E-state index is -4.63. The first-order chi connectivity index (χ1) is 14.3. The molecule has 1 N–H and O–H groups in total. The van der Waals surface area contributed by atoms with Gasteiger partial charge in [0.05, 0.1) is 23.9 Å². The van der Waals surface area contributed by atoms with E-state index in [0.717, 1.165) is 12.1 Å². The zero-order chi connectivity index (χ0) is 21.7. The van der Waals surface area contributed by atoms with E-state index >= 15 is 0 Å². The minimum absolute atomic E-state index is 0.0732. The second-order valence-electron chi connectivity index (χ2n) is 6.49. The Morgan fingerprint density at radius 1 is 1.00 bits per heavy atom. The van der Waals surface area contributed by atoms with Gasteiger partial charge in [0.25, 0.3) is 11.8 Å². The maximum absolute atomic E-state index is 13.2. The highest BCUT2D eigenvalue weighted by Gasteiger charge is 2.36. The number of halogens is 3. The van der Waals surface area contributed by atoms with Crippen molar-refractivity contribution < 1.29 is 27.6 Å². The van der Waals surface area contributed by atoms with Gasteiger partial charge in [0.1, 0.15) is 5.69 Å². The normalized spacial score (nSPS) is 14.4. The summed E-state index contributed by atoms with van der Waals surface area (Å²) in [6.45, 7) is 0.226. The maximum atomic E-state index is 13.2. The molecule has 1 aromatic carbocycles. The molecule has 2 heterocycles. The Kier molecular flexibility index (Phi) is 6.28. The number of carbonyl (C=O) groups excluding carboxylic acids is 3. The van der Waals surface area contributed by atoms with Crippen molar-refractivity contribution >= 4 is 17.7 Å². The summed E-state index contributed by atoms with van der Waals surface area (Å²) in [6, 6.07) is 4.62. The lowest BCUT2D eigenvalue weighted by Crippen LogP contribution is -2.52. The zero-order valence-electron chi connectivity index (χ0n) is 15.7. The smallest absolute Gasteiger partial charge is 0.342 e. The van der Waals surface area contributed by atoms with Crippen LogP contribution in [0.1, 0.15) is 26.4 Å². The van der Waals surface area contributed by atoms with Gasteiger partial charge in [-0.1, -0.05) is 12.1 Å². The van der Waals surface area contributed by atoms with Gasteiger partial charge in [-0.15, -0.1) is 0 Å². The molecule has 0 saturated carbocycles. The van der Waals surface area contributed by atoms with E-state index in [-0.39, 0.29) is 44.3 Å². The summed E-state index contributed by atoms with van der Waals surface area (Å²) in [7, 11) is 0. The highest BCUT2D eigenvalue weighted by atomic mass is 19.4. The molecular weight excluding hydrogens is 403 g/mol. The highest BCUT2D eigenvalue weighted by Crippen LogP contribution is 2.32. The second kappa shape index (κ2) is 8.89. The van der Waals surface area contributed by atoms with E-state index in [4.69, 9.17) is 0 Å². The Balaban J connectivity index is 1.54. The molecule has 0 radical (unpaired) electrons. The van der Waals surface area contributed by atoms with Crippen molar-refractivity contribution in [2.24, 2.45) is 0 Å². The molecule has 3 amide bonds. The van der Waals surface area contributed by atoms with Gasteiger partial charge in [0, 0.05) is 38.6 Å². The molecule has 1 aliphatic rings. The number of benzene rings is 1. The average molecular weight is 421 g/mol. The van der Waals surface area contributed by atoms with Crippen LogP contribution in [-0.2, 0) is 11.0 Å². The lowest BCUT2D eigenvalue weighted by molar-refractivity contribution is -0.138. The van der Waals surface area contributed by atoms with E-state index in [1.165, 1.54) is 40.5 Å². The first-order valence-electron chi connectivity index (χ1n) is 9.05. The maximum Gasteiger partial charge on any atom is 0.417 e. The summed E-state index contributed by atoms with van der Waals surface area (Å²) in [5.74, 6) is -1.64. The number of hydrogen-bond acceptors (Lipinski definition) is 5. The van der Waals surface area contributed by atoms with Crippen LogP contribution in [0.25, 0.3) is 0 Å². The molecule has 1 aliphatic heterocycles. The molecule has 1 saturated heterocycles. The number of carbonyl (C=O) groups is 3. The molecule has 0 unspecified atom stereocenters. The van der Waals surface area contributed by atoms with Crippen LogP contribution in [0.5, 0.6) is 0 Å². The quantitative estimate of drug-likeness (QED) is 0.801. The molecule has 1 aromatic heterocycles. The largest absolute Gasteiger partial charge is 0.417 e. The third-order valence-electron chi connectivity index (χ3n) is 4.58. The van der Waals surface area contributed by atoms with Gasteiger partial charge >= 0.3 is 6.18 Å². The van der Waals surface area contributed by atoms with Crippen LogP contribution in [0, 0.1) is 0 Å². The Morgan fingerprint density at radius 3 is 2.30 bits per heavy atom. The summed E-state index contributed by atoms with van der Waals surface area (Å²) in [4.78, 5) is 47.1. The molecule has 30 heavy (non-hydrogen) atoms. The molecule has 0 atom stereocenters. The number of rotatable bonds is 4. The molecule has 3 rings (SSSR count). The van der Waals surface area contributed by atoms with Crippen LogP contribution in [-0.4, -0.2) is 70.2 Å². The van der Waals surface area contributed by atoms with Crippen LogP contribution in [0.4, 0.5) is 13.2 Å². The van der Waals surface area contributed by atoms with Crippen LogP contribution in [0.2, 0.25) is 0 Å². The van der Waals surface area contributed by atoms with Gasteiger partial charge in [-0.3, -0.25) is 19.4 Å². The van der Waals surface area contributed by atoms with E-state index < -0.39 is 29.1 Å². The van der Waals surface area contributed by atoms with E-state index in [1.807, 2.05) is 0 Å². The van der Waals surface area contributed by atoms with Crippen molar-refractivity contribution in [2.75, 3.05) is 32.7 Å². The second-order valence-corrected chi connectivity index (χ2v) is 6.49. The SMILES string of the molecule is O=C(NCC(=O)N1CCN(C(=O)c2ccccc2C(F)(F)F)CC1)c1cnccn1. The predicted molar refractivity (Wildman–Crippen MR) is 98.3 cm³/mol. The molecule has 0 bridgehead atoms. The van der Waals surface area contributed by atoms with Crippen molar-refractivity contribution in [2.45, 2.75) is 6.18 Å². The topological polar surface area (TPSA) is 95.5 Å². The fraction of sp³-hybridized carbons (Fsp3) is 0.316. The molecule has 1 fully saturated rings. The van der Waals surface area contributed by atoms with Gasteiger partial charge in [-0.05, 0) is 12.1 Å². The first-order valence-corrected chi connectivity index (χ1v) is 9.05. The monoisotopic (exact) mass is 421 g/mol. The molecule has 8 nitrogen and oxygen atoms in total. The number of nitrogens with zero attached hydrogens (tertiary/aromatic N) is 4. The summed E-state index contributed by atoms with van der Waals surface area (Å²) in [5, 5.41) is 2.44. The Hall–Kier alpha value is -3.50. The molecular formula is C19H18F3N5O3. The number of piperazine rings is 1. The number of hydrogen-bond donors (Lipinski definition) is 1. The minimum Gasteiger partial charge on any atom is -0.342 e. The van der Waals surface area contributed by atoms with E-state index in [1.54, 1.807) is 0 Å². The number of aromatic nitrogens is 2. The van der Waals surface area contributed by atoms with Crippen molar-refractivity contribution in [1.82, 2.24) is 25.1 Å². The Bertz CT molecular complexity index is 929. The first kappa shape index (κ1) is 21.2. The molecule has 11 heteroatoms. The summed E-state index contributed by atoms with van der Waals surface area (Å²) >= 11 is 0. The number of alkyl halides is 3. The fourth-order valence-corrected chi connectivity index (χ4v) is 3.02. The van der Waals surface area contributed by atoms with Crippen molar-refractivity contribution in [3.8, 4) is 0 Å². The van der Waals surface area contributed by atoms with Crippen LogP contribution < -0.4 is 5.32 Å². The number of nitrogens with one attached hydrogen (secondary N) is 1. The predicted octanol–water partition coefficient (Wildman–Crippen LogP) is 1.21. The third-order valence-corrected chi connectivity index (χ3v) is 4.58. The summed E-state index contributed by atoms with van der Waals surface area (Å²) in [6.07, 6.45) is -0.603. The third kappa shape index (κ3) is 4.91. The summed E-state index contributed by atoms with van der Waals surface area (Å²) < 4.78 is 39.5. The molecule has 0 aliphatic carbocycles. The lowest BCUT2D eigenvalue weighted by Gasteiger charge is -2.35. The van der Waals surface area contributed by atoms with Gasteiger partial charge in [0.2, 0.25) is 5.91 Å². The number of amides is 3. The standard InChI is InChI=1S/C19H18F3N5O3/c20-19(21,22)14-4-2-1-3-13(14)18(30)27-9-7-26(8-10-27)16(28)12-25-17(29)15-11-23-5-6-24-15/h1-6,11H,7-10,12H2,(H,25,29). The fourth-order valence-electron chi connectivity index (χ4n) is 3.02. The molecule has 2 aromatic rings. The van der Waals surface area contributed by atoms with Crippen LogP contribution >= 0.6 is 0 Å². The molecule has 0 spiro atoms. The Morgan fingerprint density at radius 2 is 1.67 bits per heavy atom. The van der Waals surface area contributed by atoms with Crippen molar-refractivity contribution in [3.63, 3.8) is 0 Å². The zero-order valence-corrected chi connectivity index (χ0v) is 15.7. The Labute approximate surface area is 169 Å². The summed E-state index contributed by atoms with van der Waals surface area (Å²) in [5.41, 5.74) is -1.33. The van der Waals surface area contributed by atoms with Crippen LogP contribution in [0.15, 0.2) is 42.9 Å². The van der Waals surface area contributed by atoms with E-state index in [0.29, 0.717) is 0 Å². The highest BCUT2D eigenvalue weighted by molar-refractivity contribution is 5.96. The molecule has 158 valence electrons. The van der Waals surface area contributed by atoms with Crippen LogP contribution in [0.3, 0.4) is 0 Å². The van der Waals surface area contributed by atoms with E-state index in [9.17, 15) is 27.6 Å². The van der Waals surface area contributed by atoms with Gasteiger partial charge in [0.15, 0.2) is 0 Å². The van der Waals surface area contributed by atoms with Crippen molar-refractivity contribution in [3.05, 3.63) is 59.7 Å². The lowest BCUT2D eigenvalue weighted by atomic mass is 10.1. The van der Waals surface area contributed by atoms with E-state index in [2.05, 4.69) is 15.3 Å². The van der Waals surface area contributed by atoms with Crippen molar-refractivity contribution in [1.29, 1.82) is 0 Å². The average Bonchev–Trinajstić information content (AvgIpc) is 2.77. The van der Waals surface area contributed by atoms with Gasteiger partial charge < -0.3 is 15.1 Å². The van der Waals surface area contributed by atoms with Gasteiger partial charge in [-0.25, -0.2) is 4.98 Å². The van der Waals surface area contributed by atoms with Gasteiger partial charge in [-0.2, -0.15) is 13.2 Å².